The second-order valence-corrected chi connectivity index (χ2v) is 5.35. The summed E-state index contributed by atoms with van der Waals surface area (Å²) < 4.78 is 7.75. The van der Waals surface area contributed by atoms with Gasteiger partial charge in [-0.05, 0) is 19.8 Å². The van der Waals surface area contributed by atoms with Gasteiger partial charge < -0.3 is 14.2 Å². The lowest BCUT2D eigenvalue weighted by Gasteiger charge is -2.28. The molecule has 0 N–H and O–H groups in total. The van der Waals surface area contributed by atoms with E-state index in [2.05, 4.69) is 14.8 Å². The Kier molecular flexibility index (Phi) is 3.50. The molecule has 1 aliphatic carbocycles. The van der Waals surface area contributed by atoms with E-state index in [9.17, 15) is 4.79 Å². The standard InChI is InChI=1S/C13H20N4O2/c1-10-14-15-12-8-16(6-7-17(10)12)13(18)9-19-11-4-2-3-5-11/h11H,2-9H2,1H3. The zero-order valence-electron chi connectivity index (χ0n) is 11.3. The summed E-state index contributed by atoms with van der Waals surface area (Å²) in [5, 5.41) is 8.15. The lowest BCUT2D eigenvalue weighted by Crippen LogP contribution is -2.41. The second-order valence-electron chi connectivity index (χ2n) is 5.35. The van der Waals surface area contributed by atoms with Gasteiger partial charge in [0.1, 0.15) is 12.4 Å². The normalized spacial score (nSPS) is 19.7. The quantitative estimate of drug-likeness (QED) is 0.813. The Balaban J connectivity index is 1.53. The van der Waals surface area contributed by atoms with Crippen LogP contribution in [0, 0.1) is 6.92 Å². The van der Waals surface area contributed by atoms with Crippen molar-refractivity contribution in [3.05, 3.63) is 11.6 Å². The highest BCUT2D eigenvalue weighted by atomic mass is 16.5. The molecule has 6 nitrogen and oxygen atoms in total. The van der Waals surface area contributed by atoms with Crippen LogP contribution < -0.4 is 0 Å². The van der Waals surface area contributed by atoms with Crippen molar-refractivity contribution in [3.8, 4) is 0 Å². The topological polar surface area (TPSA) is 60.2 Å². The van der Waals surface area contributed by atoms with Crippen LogP contribution >= 0.6 is 0 Å². The molecule has 0 atom stereocenters. The number of aromatic nitrogens is 3. The van der Waals surface area contributed by atoms with E-state index in [4.69, 9.17) is 4.74 Å². The fourth-order valence-electron chi connectivity index (χ4n) is 2.85. The molecule has 104 valence electrons. The highest BCUT2D eigenvalue weighted by Crippen LogP contribution is 2.21. The SMILES string of the molecule is Cc1nnc2n1CCN(C(=O)COC1CCCC1)C2. The first-order valence-corrected chi connectivity index (χ1v) is 7.02. The zero-order valence-corrected chi connectivity index (χ0v) is 11.3. The van der Waals surface area contributed by atoms with Crippen LogP contribution in [-0.4, -0.2) is 44.8 Å². The second kappa shape index (κ2) is 5.28. The van der Waals surface area contributed by atoms with Crippen molar-refractivity contribution in [2.45, 2.75) is 51.8 Å². The Labute approximate surface area is 112 Å². The highest BCUT2D eigenvalue weighted by molar-refractivity contribution is 5.77. The number of nitrogens with zero attached hydrogens (tertiary/aromatic N) is 4. The third-order valence-electron chi connectivity index (χ3n) is 4.04. The summed E-state index contributed by atoms with van der Waals surface area (Å²) in [6, 6.07) is 0. The molecule has 0 spiro atoms. The molecule has 1 amide bonds. The van der Waals surface area contributed by atoms with Crippen LogP contribution in [0.3, 0.4) is 0 Å². The Morgan fingerprint density at radius 1 is 1.32 bits per heavy atom. The van der Waals surface area contributed by atoms with Crippen LogP contribution in [-0.2, 0) is 22.6 Å². The number of fused-ring (bicyclic) bond motifs is 1. The third-order valence-corrected chi connectivity index (χ3v) is 4.04. The molecule has 1 aromatic heterocycles. The Bertz CT molecular complexity index is 465. The summed E-state index contributed by atoms with van der Waals surface area (Å²) in [6.07, 6.45) is 4.94. The molecule has 1 fully saturated rings. The number of rotatable bonds is 3. The van der Waals surface area contributed by atoms with Crippen LogP contribution in [0.4, 0.5) is 0 Å². The average Bonchev–Trinajstić information content (AvgIpc) is 3.06. The molecule has 2 aliphatic rings. The molecule has 1 aliphatic heterocycles. The lowest BCUT2D eigenvalue weighted by atomic mass is 10.3. The Morgan fingerprint density at radius 3 is 2.89 bits per heavy atom. The minimum absolute atomic E-state index is 0.0683. The largest absolute Gasteiger partial charge is 0.368 e. The summed E-state index contributed by atoms with van der Waals surface area (Å²) in [5.41, 5.74) is 0. The average molecular weight is 264 g/mol. The lowest BCUT2D eigenvalue weighted by molar-refractivity contribution is -0.139. The number of aryl methyl sites for hydroxylation is 1. The van der Waals surface area contributed by atoms with E-state index in [1.54, 1.807) is 0 Å². The fourth-order valence-corrected chi connectivity index (χ4v) is 2.85. The monoisotopic (exact) mass is 264 g/mol. The van der Waals surface area contributed by atoms with Crippen LogP contribution in [0.25, 0.3) is 0 Å². The van der Waals surface area contributed by atoms with Crippen molar-refractivity contribution < 1.29 is 9.53 Å². The van der Waals surface area contributed by atoms with Crippen molar-refractivity contribution in [1.29, 1.82) is 0 Å². The van der Waals surface area contributed by atoms with E-state index < -0.39 is 0 Å². The zero-order chi connectivity index (χ0) is 13.2. The van der Waals surface area contributed by atoms with Gasteiger partial charge in [0, 0.05) is 13.1 Å². The molecular weight excluding hydrogens is 244 g/mol. The molecule has 1 aromatic rings. The van der Waals surface area contributed by atoms with Crippen molar-refractivity contribution in [2.24, 2.45) is 0 Å². The van der Waals surface area contributed by atoms with E-state index in [0.717, 1.165) is 37.6 Å². The van der Waals surface area contributed by atoms with Gasteiger partial charge in [0.25, 0.3) is 0 Å². The van der Waals surface area contributed by atoms with Crippen LogP contribution in [0.1, 0.15) is 37.3 Å². The van der Waals surface area contributed by atoms with Gasteiger partial charge in [-0.2, -0.15) is 0 Å². The van der Waals surface area contributed by atoms with Gasteiger partial charge in [-0.1, -0.05) is 12.8 Å². The van der Waals surface area contributed by atoms with Crippen LogP contribution in [0.2, 0.25) is 0 Å². The number of hydrogen-bond donors (Lipinski definition) is 0. The van der Waals surface area contributed by atoms with Crippen molar-refractivity contribution >= 4 is 5.91 Å². The summed E-state index contributed by atoms with van der Waals surface area (Å²) in [4.78, 5) is 13.9. The van der Waals surface area contributed by atoms with Gasteiger partial charge in [-0.3, -0.25) is 4.79 Å². The Morgan fingerprint density at radius 2 is 2.11 bits per heavy atom. The highest BCUT2D eigenvalue weighted by Gasteiger charge is 2.24. The molecule has 19 heavy (non-hydrogen) atoms. The molecule has 0 unspecified atom stereocenters. The van der Waals surface area contributed by atoms with E-state index in [-0.39, 0.29) is 12.5 Å². The van der Waals surface area contributed by atoms with E-state index >= 15 is 0 Å². The van der Waals surface area contributed by atoms with Gasteiger partial charge >= 0.3 is 0 Å². The maximum absolute atomic E-state index is 12.1. The number of amides is 1. The molecule has 2 heterocycles. The molecule has 1 saturated carbocycles. The fraction of sp³-hybridized carbons (Fsp3) is 0.769. The van der Waals surface area contributed by atoms with Gasteiger partial charge in [-0.25, -0.2) is 0 Å². The predicted octanol–water partition coefficient (Wildman–Crippen LogP) is 0.888. The van der Waals surface area contributed by atoms with Crippen molar-refractivity contribution in [2.75, 3.05) is 13.2 Å². The maximum atomic E-state index is 12.1. The van der Waals surface area contributed by atoms with Crippen LogP contribution in [0.5, 0.6) is 0 Å². The maximum Gasteiger partial charge on any atom is 0.249 e. The number of carbonyl (C=O) groups is 1. The van der Waals surface area contributed by atoms with E-state index in [1.165, 1.54) is 12.8 Å². The Hall–Kier alpha value is -1.43. The molecular formula is C13H20N4O2. The smallest absolute Gasteiger partial charge is 0.249 e. The van der Waals surface area contributed by atoms with Crippen LogP contribution in [0.15, 0.2) is 0 Å². The molecule has 3 rings (SSSR count). The predicted molar refractivity (Wildman–Crippen MR) is 68.4 cm³/mol. The van der Waals surface area contributed by atoms with Gasteiger partial charge in [0.2, 0.25) is 5.91 Å². The van der Waals surface area contributed by atoms with Crippen molar-refractivity contribution in [3.63, 3.8) is 0 Å². The van der Waals surface area contributed by atoms with E-state index in [0.29, 0.717) is 12.6 Å². The minimum Gasteiger partial charge on any atom is -0.368 e. The van der Waals surface area contributed by atoms with Crippen molar-refractivity contribution in [1.82, 2.24) is 19.7 Å². The molecule has 0 saturated heterocycles. The first-order valence-electron chi connectivity index (χ1n) is 7.02. The molecule has 0 radical (unpaired) electrons. The first kappa shape index (κ1) is 12.6. The minimum atomic E-state index is 0.0683. The third kappa shape index (κ3) is 2.63. The van der Waals surface area contributed by atoms with E-state index in [1.807, 2.05) is 11.8 Å². The summed E-state index contributed by atoms with van der Waals surface area (Å²) in [6.45, 7) is 4.20. The van der Waals surface area contributed by atoms with Gasteiger partial charge in [0.05, 0.1) is 12.6 Å². The number of carbonyl (C=O) groups excluding carboxylic acids is 1. The first-order chi connectivity index (χ1) is 9.24. The number of hydrogen-bond acceptors (Lipinski definition) is 4. The summed E-state index contributed by atoms with van der Waals surface area (Å²) in [7, 11) is 0. The summed E-state index contributed by atoms with van der Waals surface area (Å²) >= 11 is 0. The number of ether oxygens (including phenoxy) is 1. The molecule has 0 aromatic carbocycles. The molecule has 0 bridgehead atoms. The van der Waals surface area contributed by atoms with Gasteiger partial charge in [0.15, 0.2) is 5.82 Å². The van der Waals surface area contributed by atoms with Gasteiger partial charge in [-0.15, -0.1) is 10.2 Å². The molecule has 6 heteroatoms. The summed E-state index contributed by atoms with van der Waals surface area (Å²) in [5.74, 6) is 1.86.